The maximum atomic E-state index is 15.7. The van der Waals surface area contributed by atoms with Crippen molar-refractivity contribution in [2.45, 2.75) is 71.1 Å². The number of nitrogens with one attached hydrogen (secondary N) is 1. The molecule has 4 aromatic rings. The van der Waals surface area contributed by atoms with Gasteiger partial charge in [0.1, 0.15) is 18.2 Å². The maximum Gasteiger partial charge on any atom is 0.326 e. The molecule has 1 heterocycles. The van der Waals surface area contributed by atoms with E-state index in [0.29, 0.717) is 16.9 Å². The number of esters is 1. The van der Waals surface area contributed by atoms with Crippen LogP contribution in [0.5, 0.6) is 0 Å². The van der Waals surface area contributed by atoms with Crippen molar-refractivity contribution in [2.24, 2.45) is 5.92 Å². The molecule has 8 heteroatoms. The third kappa shape index (κ3) is 7.96. The molecular formula is C43H47N3O5. The summed E-state index contributed by atoms with van der Waals surface area (Å²) >= 11 is 0. The van der Waals surface area contributed by atoms with E-state index in [-0.39, 0.29) is 24.8 Å². The minimum Gasteiger partial charge on any atom is -0.459 e. The van der Waals surface area contributed by atoms with Gasteiger partial charge in [0, 0.05) is 23.7 Å². The number of rotatable bonds is 11. The van der Waals surface area contributed by atoms with E-state index in [1.807, 2.05) is 129 Å². The first-order valence-electron chi connectivity index (χ1n) is 17.5. The van der Waals surface area contributed by atoms with Crippen molar-refractivity contribution in [3.63, 3.8) is 0 Å². The molecular weight excluding hydrogens is 638 g/mol. The summed E-state index contributed by atoms with van der Waals surface area (Å²) in [6, 6.07) is 36.3. The summed E-state index contributed by atoms with van der Waals surface area (Å²) in [7, 11) is 0. The zero-order valence-electron chi connectivity index (χ0n) is 30.2. The molecule has 1 aliphatic rings. The number of carbonyl (C=O) groups excluding carboxylic acids is 4. The van der Waals surface area contributed by atoms with Gasteiger partial charge in [-0.05, 0) is 61.6 Å². The lowest BCUT2D eigenvalue weighted by Crippen LogP contribution is -2.65. The monoisotopic (exact) mass is 685 g/mol. The second kappa shape index (κ2) is 15.6. The first-order chi connectivity index (χ1) is 24.4. The summed E-state index contributed by atoms with van der Waals surface area (Å²) in [6.45, 7) is 10.5. The zero-order chi connectivity index (χ0) is 36.8. The third-order valence-electron chi connectivity index (χ3n) is 8.93. The van der Waals surface area contributed by atoms with Crippen LogP contribution < -0.4 is 10.2 Å². The third-order valence-corrected chi connectivity index (χ3v) is 8.93. The Kier molecular flexibility index (Phi) is 11.2. The minimum atomic E-state index is -1.73. The lowest BCUT2D eigenvalue weighted by molar-refractivity contribution is -0.159. The summed E-state index contributed by atoms with van der Waals surface area (Å²) in [5.41, 5.74) is 0.627. The van der Waals surface area contributed by atoms with Crippen LogP contribution in [0.3, 0.4) is 0 Å². The van der Waals surface area contributed by atoms with Crippen molar-refractivity contribution in [3.8, 4) is 0 Å². The predicted molar refractivity (Wildman–Crippen MR) is 200 cm³/mol. The number of carbonyl (C=O) groups is 4. The Morgan fingerprint density at radius 2 is 1.35 bits per heavy atom. The molecule has 0 saturated carbocycles. The molecule has 264 valence electrons. The van der Waals surface area contributed by atoms with Crippen LogP contribution in [0.1, 0.15) is 70.6 Å². The second-order valence-corrected chi connectivity index (χ2v) is 14.1. The van der Waals surface area contributed by atoms with E-state index in [1.54, 1.807) is 39.8 Å². The number of para-hydroxylation sites is 1. The number of ether oxygens (including phenoxy) is 1. The van der Waals surface area contributed by atoms with Crippen molar-refractivity contribution in [2.75, 3.05) is 11.4 Å². The van der Waals surface area contributed by atoms with Gasteiger partial charge >= 0.3 is 5.97 Å². The summed E-state index contributed by atoms with van der Waals surface area (Å²) in [4.78, 5) is 60.9. The summed E-state index contributed by atoms with van der Waals surface area (Å²) in [6.07, 6.45) is 2.13. The smallest absolute Gasteiger partial charge is 0.326 e. The van der Waals surface area contributed by atoms with Gasteiger partial charge in [0.05, 0.1) is 0 Å². The normalized spacial score (nSPS) is 18.1. The maximum absolute atomic E-state index is 15.7. The van der Waals surface area contributed by atoms with E-state index < -0.39 is 40.9 Å². The Morgan fingerprint density at radius 3 is 1.88 bits per heavy atom. The lowest BCUT2D eigenvalue weighted by atomic mass is 9.70. The standard InChI is InChI=1S/C43H47N3O5/c1-7-37(47)46(34-26-18-11-19-27-34)39(30(2)3)40(49)44-43(33-24-16-10-17-25-33)35(31-20-12-8-13-21-31)28-36(32-22-14-9-15-23-32)45(41(43)50)29-38(48)51-42(4,5)6/h8-28,30,35,39H,7,29H2,1-6H3,(H,44,49)/t35-,39?,43+/m0/s1. The van der Waals surface area contributed by atoms with Gasteiger partial charge in [0.2, 0.25) is 11.8 Å². The molecule has 0 aromatic heterocycles. The van der Waals surface area contributed by atoms with Crippen LogP contribution in [0.4, 0.5) is 5.69 Å². The molecule has 1 N–H and O–H groups in total. The molecule has 0 aliphatic carbocycles. The van der Waals surface area contributed by atoms with E-state index in [9.17, 15) is 9.59 Å². The van der Waals surface area contributed by atoms with E-state index in [4.69, 9.17) is 4.74 Å². The minimum absolute atomic E-state index is 0.174. The van der Waals surface area contributed by atoms with Gasteiger partial charge in [-0.15, -0.1) is 0 Å². The lowest BCUT2D eigenvalue weighted by Gasteiger charge is -2.48. The van der Waals surface area contributed by atoms with E-state index in [2.05, 4.69) is 5.32 Å². The predicted octanol–water partition coefficient (Wildman–Crippen LogP) is 7.47. The Hall–Kier alpha value is -5.50. The highest BCUT2D eigenvalue weighted by molar-refractivity contribution is 6.06. The van der Waals surface area contributed by atoms with E-state index in [1.165, 1.54) is 9.80 Å². The Bertz CT molecular complexity index is 1850. The SMILES string of the molecule is CCC(=O)N(c1ccccc1)C(C(=O)N[C@@]1(c2ccccc2)C(=O)N(CC(=O)OC(C)(C)C)C(c2ccccc2)=C[C@H]1c1ccccc1)C(C)C. The van der Waals surface area contributed by atoms with Crippen LogP contribution >= 0.6 is 0 Å². The number of hydrogen-bond donors (Lipinski definition) is 1. The van der Waals surface area contributed by atoms with Gasteiger partial charge in [0.25, 0.3) is 5.91 Å². The van der Waals surface area contributed by atoms with E-state index >= 15 is 9.59 Å². The first-order valence-corrected chi connectivity index (χ1v) is 17.5. The van der Waals surface area contributed by atoms with Crippen LogP contribution in [0.25, 0.3) is 5.70 Å². The fourth-order valence-electron chi connectivity index (χ4n) is 6.77. The van der Waals surface area contributed by atoms with Gasteiger partial charge in [-0.1, -0.05) is 130 Å². The van der Waals surface area contributed by atoms with Crippen molar-refractivity contribution >= 4 is 35.1 Å². The highest BCUT2D eigenvalue weighted by Crippen LogP contribution is 2.47. The van der Waals surface area contributed by atoms with Crippen LogP contribution in [0.2, 0.25) is 0 Å². The van der Waals surface area contributed by atoms with E-state index in [0.717, 1.165) is 11.1 Å². The van der Waals surface area contributed by atoms with Crippen molar-refractivity contribution in [1.82, 2.24) is 10.2 Å². The van der Waals surface area contributed by atoms with Crippen LogP contribution in [0.15, 0.2) is 127 Å². The molecule has 51 heavy (non-hydrogen) atoms. The second-order valence-electron chi connectivity index (χ2n) is 14.1. The molecule has 0 saturated heterocycles. The molecule has 5 rings (SSSR count). The highest BCUT2D eigenvalue weighted by Gasteiger charge is 2.55. The Balaban J connectivity index is 1.77. The van der Waals surface area contributed by atoms with Crippen molar-refractivity contribution in [1.29, 1.82) is 0 Å². The first kappa shape index (κ1) is 36.8. The van der Waals surface area contributed by atoms with Crippen molar-refractivity contribution < 1.29 is 23.9 Å². The van der Waals surface area contributed by atoms with Gasteiger partial charge in [-0.2, -0.15) is 0 Å². The fourth-order valence-corrected chi connectivity index (χ4v) is 6.77. The van der Waals surface area contributed by atoms with Crippen LogP contribution in [0, 0.1) is 5.92 Å². The topological polar surface area (TPSA) is 96.0 Å². The molecule has 3 atom stereocenters. The molecule has 0 fully saturated rings. The van der Waals surface area contributed by atoms with Gasteiger partial charge in [-0.3, -0.25) is 29.0 Å². The molecule has 4 aromatic carbocycles. The summed E-state index contributed by atoms with van der Waals surface area (Å²) in [5, 5.41) is 3.26. The number of anilines is 1. The average molecular weight is 686 g/mol. The summed E-state index contributed by atoms with van der Waals surface area (Å²) < 4.78 is 5.74. The van der Waals surface area contributed by atoms with Crippen molar-refractivity contribution in [3.05, 3.63) is 144 Å². The Labute approximate surface area is 301 Å². The number of hydrogen-bond acceptors (Lipinski definition) is 5. The number of nitrogens with zero attached hydrogens (tertiary/aromatic N) is 2. The fraction of sp³-hybridized carbons (Fsp3) is 0.302. The molecule has 8 nitrogen and oxygen atoms in total. The highest BCUT2D eigenvalue weighted by atomic mass is 16.6. The largest absolute Gasteiger partial charge is 0.459 e. The average Bonchev–Trinajstić information content (AvgIpc) is 3.12. The molecule has 1 unspecified atom stereocenters. The molecule has 3 amide bonds. The van der Waals surface area contributed by atoms with Gasteiger partial charge < -0.3 is 10.1 Å². The Morgan fingerprint density at radius 1 is 0.824 bits per heavy atom. The number of benzene rings is 4. The zero-order valence-corrected chi connectivity index (χ0v) is 30.2. The molecule has 1 aliphatic heterocycles. The molecule has 0 bridgehead atoms. The molecule has 0 radical (unpaired) electrons. The van der Waals surface area contributed by atoms with Gasteiger partial charge in [0.15, 0.2) is 5.54 Å². The summed E-state index contributed by atoms with van der Waals surface area (Å²) in [5.74, 6) is -2.87. The van der Waals surface area contributed by atoms with Gasteiger partial charge in [-0.25, -0.2) is 0 Å². The quantitative estimate of drug-likeness (QED) is 0.165. The molecule has 0 spiro atoms. The van der Waals surface area contributed by atoms with Crippen LogP contribution in [-0.2, 0) is 29.5 Å². The number of amides is 3. The van der Waals surface area contributed by atoms with Crippen LogP contribution in [-0.4, -0.2) is 46.8 Å².